The molecule has 0 amide bonds. The highest BCUT2D eigenvalue weighted by Gasteiger charge is 2.33. The number of benzene rings is 1. The standard InChI is InChI=1S/C20H27F3/c1-6-8-17(11-14(3)7-2)19(13-20(21,22)23)18-10-9-15(4)16(5)12-18/h8-12,19H,6-7,13H2,1-5H3/b14-11-,17-8+. The molecule has 0 fully saturated rings. The van der Waals surface area contributed by atoms with Gasteiger partial charge in [0.05, 0.1) is 6.42 Å². The van der Waals surface area contributed by atoms with Gasteiger partial charge in [0.1, 0.15) is 0 Å². The SMILES string of the molecule is CC/C=C(\C=C(\C)CC)C(CC(F)(F)F)c1ccc(C)c(C)c1. The zero-order valence-corrected chi connectivity index (χ0v) is 14.7. The third-order valence-electron chi connectivity index (χ3n) is 4.18. The monoisotopic (exact) mass is 324 g/mol. The maximum atomic E-state index is 13.1. The fourth-order valence-electron chi connectivity index (χ4n) is 2.57. The van der Waals surface area contributed by atoms with E-state index in [-0.39, 0.29) is 0 Å². The molecule has 0 spiro atoms. The highest BCUT2D eigenvalue weighted by Crippen LogP contribution is 2.38. The third-order valence-corrected chi connectivity index (χ3v) is 4.18. The van der Waals surface area contributed by atoms with Gasteiger partial charge in [0.15, 0.2) is 0 Å². The van der Waals surface area contributed by atoms with Crippen LogP contribution in [0.3, 0.4) is 0 Å². The first-order valence-electron chi connectivity index (χ1n) is 8.19. The van der Waals surface area contributed by atoms with E-state index in [2.05, 4.69) is 0 Å². The summed E-state index contributed by atoms with van der Waals surface area (Å²) in [5.41, 5.74) is 4.74. The molecule has 1 rings (SSSR count). The molecule has 0 nitrogen and oxygen atoms in total. The molecular formula is C20H27F3. The van der Waals surface area contributed by atoms with Crippen LogP contribution in [0.1, 0.15) is 62.6 Å². The van der Waals surface area contributed by atoms with Gasteiger partial charge in [-0.3, -0.25) is 0 Å². The summed E-state index contributed by atoms with van der Waals surface area (Å²) in [5, 5.41) is 0. The van der Waals surface area contributed by atoms with Gasteiger partial charge >= 0.3 is 6.18 Å². The Kier molecular flexibility index (Phi) is 7.11. The van der Waals surface area contributed by atoms with Gasteiger partial charge < -0.3 is 0 Å². The van der Waals surface area contributed by atoms with Gasteiger partial charge in [-0.1, -0.05) is 49.8 Å². The lowest BCUT2D eigenvalue weighted by Crippen LogP contribution is -2.15. The number of halogens is 3. The van der Waals surface area contributed by atoms with Crippen LogP contribution in [-0.2, 0) is 0 Å². The minimum atomic E-state index is -4.19. The Morgan fingerprint density at radius 2 is 1.78 bits per heavy atom. The Balaban J connectivity index is 3.37. The van der Waals surface area contributed by atoms with Crippen molar-refractivity contribution < 1.29 is 13.2 Å². The summed E-state index contributed by atoms with van der Waals surface area (Å²) in [6.07, 6.45) is 0.397. The van der Waals surface area contributed by atoms with Gasteiger partial charge in [-0.2, -0.15) is 13.2 Å². The molecule has 0 bridgehead atoms. The van der Waals surface area contributed by atoms with Crippen molar-refractivity contribution in [2.24, 2.45) is 0 Å². The van der Waals surface area contributed by atoms with E-state index >= 15 is 0 Å². The molecule has 0 heterocycles. The minimum absolute atomic E-state index is 0.643. The first-order chi connectivity index (χ1) is 10.7. The van der Waals surface area contributed by atoms with E-state index in [4.69, 9.17) is 0 Å². The summed E-state index contributed by atoms with van der Waals surface area (Å²) < 4.78 is 39.4. The van der Waals surface area contributed by atoms with Gasteiger partial charge in [-0.05, 0) is 55.9 Å². The van der Waals surface area contributed by atoms with Crippen LogP contribution in [0.5, 0.6) is 0 Å². The summed E-state index contributed by atoms with van der Waals surface area (Å²) in [6.45, 7) is 9.86. The van der Waals surface area contributed by atoms with Gasteiger partial charge in [-0.25, -0.2) is 0 Å². The van der Waals surface area contributed by atoms with Crippen molar-refractivity contribution in [3.05, 3.63) is 58.2 Å². The number of rotatable bonds is 6. The van der Waals surface area contributed by atoms with E-state index in [1.54, 1.807) is 0 Å². The molecule has 0 N–H and O–H groups in total. The highest BCUT2D eigenvalue weighted by atomic mass is 19.4. The van der Waals surface area contributed by atoms with E-state index < -0.39 is 18.5 Å². The summed E-state index contributed by atoms with van der Waals surface area (Å²) in [5.74, 6) is -0.643. The highest BCUT2D eigenvalue weighted by molar-refractivity contribution is 5.40. The van der Waals surface area contributed by atoms with E-state index in [1.807, 2.05) is 65.0 Å². The Hall–Kier alpha value is -1.51. The number of aryl methyl sites for hydroxylation is 2. The van der Waals surface area contributed by atoms with Crippen LogP contribution in [0.2, 0.25) is 0 Å². The summed E-state index contributed by atoms with van der Waals surface area (Å²) >= 11 is 0. The van der Waals surface area contributed by atoms with E-state index in [9.17, 15) is 13.2 Å². The Morgan fingerprint density at radius 1 is 1.13 bits per heavy atom. The number of alkyl halides is 3. The zero-order chi connectivity index (χ0) is 17.6. The molecule has 0 aromatic heterocycles. The molecule has 1 aromatic carbocycles. The second kappa shape index (κ2) is 8.37. The molecule has 3 heteroatoms. The minimum Gasteiger partial charge on any atom is -0.171 e. The van der Waals surface area contributed by atoms with Crippen molar-refractivity contribution in [1.29, 1.82) is 0 Å². The van der Waals surface area contributed by atoms with Gasteiger partial charge in [0, 0.05) is 5.92 Å². The number of hydrogen-bond donors (Lipinski definition) is 0. The van der Waals surface area contributed by atoms with Gasteiger partial charge in [-0.15, -0.1) is 0 Å². The summed E-state index contributed by atoms with van der Waals surface area (Å²) in [6, 6.07) is 5.63. The summed E-state index contributed by atoms with van der Waals surface area (Å²) in [7, 11) is 0. The van der Waals surface area contributed by atoms with Crippen molar-refractivity contribution in [1.82, 2.24) is 0 Å². The lowest BCUT2D eigenvalue weighted by Gasteiger charge is -2.22. The van der Waals surface area contributed by atoms with Crippen molar-refractivity contribution in [3.63, 3.8) is 0 Å². The normalized spacial score (nSPS) is 15.0. The lowest BCUT2D eigenvalue weighted by atomic mass is 9.85. The Morgan fingerprint density at radius 3 is 2.26 bits per heavy atom. The molecule has 0 aliphatic carbocycles. The maximum absolute atomic E-state index is 13.1. The van der Waals surface area contributed by atoms with Crippen LogP contribution in [-0.4, -0.2) is 6.18 Å². The van der Waals surface area contributed by atoms with Crippen LogP contribution in [0, 0.1) is 13.8 Å². The first-order valence-corrected chi connectivity index (χ1v) is 8.19. The largest absolute Gasteiger partial charge is 0.390 e. The van der Waals surface area contributed by atoms with Crippen molar-refractivity contribution in [3.8, 4) is 0 Å². The molecule has 0 aliphatic rings. The maximum Gasteiger partial charge on any atom is 0.390 e. The fourth-order valence-corrected chi connectivity index (χ4v) is 2.57. The van der Waals surface area contributed by atoms with Crippen molar-refractivity contribution >= 4 is 0 Å². The molecule has 1 unspecified atom stereocenters. The zero-order valence-electron chi connectivity index (χ0n) is 14.7. The van der Waals surface area contributed by atoms with Gasteiger partial charge in [0.2, 0.25) is 0 Å². The van der Waals surface area contributed by atoms with E-state index in [0.29, 0.717) is 0 Å². The van der Waals surface area contributed by atoms with Crippen LogP contribution < -0.4 is 0 Å². The Bertz CT molecular complexity index is 577. The van der Waals surface area contributed by atoms with E-state index in [0.717, 1.165) is 40.7 Å². The molecule has 0 saturated heterocycles. The molecule has 1 aromatic rings. The number of hydrogen-bond acceptors (Lipinski definition) is 0. The fraction of sp³-hybridized carbons (Fsp3) is 0.500. The van der Waals surface area contributed by atoms with Crippen molar-refractivity contribution in [2.45, 2.75) is 66.0 Å². The average Bonchev–Trinajstić information content (AvgIpc) is 2.46. The molecule has 0 saturated carbocycles. The third kappa shape index (κ3) is 6.25. The smallest absolute Gasteiger partial charge is 0.171 e. The average molecular weight is 324 g/mol. The topological polar surface area (TPSA) is 0 Å². The van der Waals surface area contributed by atoms with Gasteiger partial charge in [0.25, 0.3) is 0 Å². The van der Waals surface area contributed by atoms with Crippen LogP contribution in [0.15, 0.2) is 41.5 Å². The van der Waals surface area contributed by atoms with Crippen LogP contribution >= 0.6 is 0 Å². The molecule has 0 aliphatic heterocycles. The predicted octanol–water partition coefficient (Wildman–Crippen LogP) is 7.03. The molecular weight excluding hydrogens is 297 g/mol. The predicted molar refractivity (Wildman–Crippen MR) is 91.8 cm³/mol. The Labute approximate surface area is 138 Å². The molecule has 0 radical (unpaired) electrons. The first kappa shape index (κ1) is 19.5. The lowest BCUT2D eigenvalue weighted by molar-refractivity contribution is -0.136. The number of allylic oxidation sites excluding steroid dienone is 4. The second-order valence-corrected chi connectivity index (χ2v) is 6.17. The van der Waals surface area contributed by atoms with Crippen LogP contribution in [0.4, 0.5) is 13.2 Å². The molecule has 23 heavy (non-hydrogen) atoms. The molecule has 1 atom stereocenters. The van der Waals surface area contributed by atoms with E-state index in [1.165, 1.54) is 0 Å². The second-order valence-electron chi connectivity index (χ2n) is 6.17. The summed E-state index contributed by atoms with van der Waals surface area (Å²) in [4.78, 5) is 0. The van der Waals surface area contributed by atoms with Crippen molar-refractivity contribution in [2.75, 3.05) is 0 Å². The van der Waals surface area contributed by atoms with Crippen LogP contribution in [0.25, 0.3) is 0 Å². The quantitative estimate of drug-likeness (QED) is 0.493. The molecule has 128 valence electrons.